The van der Waals surface area contributed by atoms with Crippen LogP contribution in [0.25, 0.3) is 0 Å². The van der Waals surface area contributed by atoms with Gasteiger partial charge in [0.15, 0.2) is 6.10 Å². The van der Waals surface area contributed by atoms with Crippen LogP contribution in [0, 0.1) is 0 Å². The van der Waals surface area contributed by atoms with Crippen LogP contribution in [0.3, 0.4) is 0 Å². The number of unbranched alkanes of at least 4 members (excludes halogenated alkanes) is 26. The van der Waals surface area contributed by atoms with Crippen molar-refractivity contribution in [2.45, 2.75) is 232 Å². The number of rotatable bonds is 46. The van der Waals surface area contributed by atoms with Gasteiger partial charge in [0.05, 0.1) is 27.7 Å². The van der Waals surface area contributed by atoms with Crippen molar-refractivity contribution in [2.24, 2.45) is 0 Å². The van der Waals surface area contributed by atoms with E-state index in [0.29, 0.717) is 17.4 Å². The largest absolute Gasteiger partial charge is 0.756 e. The molecule has 0 spiro atoms. The molecular weight excluding hydrogens is 786 g/mol. The lowest BCUT2D eigenvalue weighted by Gasteiger charge is -2.28. The summed E-state index contributed by atoms with van der Waals surface area (Å²) in [5.41, 5.74) is 0. The van der Waals surface area contributed by atoms with Gasteiger partial charge in [0.25, 0.3) is 7.82 Å². The van der Waals surface area contributed by atoms with E-state index in [-0.39, 0.29) is 32.0 Å². The van der Waals surface area contributed by atoms with Gasteiger partial charge in [-0.15, -0.1) is 0 Å². The Balaban J connectivity index is 4.24. The predicted molar refractivity (Wildman–Crippen MR) is 254 cm³/mol. The first-order valence-electron chi connectivity index (χ1n) is 25.2. The van der Waals surface area contributed by atoms with Crippen molar-refractivity contribution in [1.82, 2.24) is 0 Å². The minimum Gasteiger partial charge on any atom is -0.756 e. The minimum atomic E-state index is -4.64. The number of carbonyl (C=O) groups is 2. The lowest BCUT2D eigenvalue weighted by molar-refractivity contribution is -0.870. The van der Waals surface area contributed by atoms with E-state index in [1.807, 2.05) is 21.1 Å². The summed E-state index contributed by atoms with van der Waals surface area (Å²) in [7, 11) is 1.15. The van der Waals surface area contributed by atoms with Crippen LogP contribution < -0.4 is 4.89 Å². The van der Waals surface area contributed by atoms with E-state index in [0.717, 1.165) is 51.4 Å². The number of ether oxygens (including phenoxy) is 2. The molecule has 0 aliphatic carbocycles. The first-order valence-corrected chi connectivity index (χ1v) is 26.7. The van der Waals surface area contributed by atoms with Crippen molar-refractivity contribution >= 4 is 19.8 Å². The normalized spacial score (nSPS) is 13.7. The molecule has 0 aromatic rings. The minimum absolute atomic E-state index is 0.0372. The van der Waals surface area contributed by atoms with Crippen molar-refractivity contribution in [1.29, 1.82) is 0 Å². The van der Waals surface area contributed by atoms with Gasteiger partial charge in [0, 0.05) is 12.8 Å². The number of hydrogen-bond acceptors (Lipinski definition) is 8. The van der Waals surface area contributed by atoms with Gasteiger partial charge in [-0.1, -0.05) is 198 Å². The van der Waals surface area contributed by atoms with Crippen molar-refractivity contribution in [2.75, 3.05) is 47.5 Å². The molecule has 0 heterocycles. The lowest BCUT2D eigenvalue weighted by Crippen LogP contribution is -2.37. The second-order valence-electron chi connectivity index (χ2n) is 18.2. The lowest BCUT2D eigenvalue weighted by atomic mass is 10.0. The number of quaternary nitrogens is 1. The zero-order valence-corrected chi connectivity index (χ0v) is 41.3. The molecule has 1 unspecified atom stereocenters. The topological polar surface area (TPSA) is 111 Å². The summed E-state index contributed by atoms with van der Waals surface area (Å²) in [5, 5.41) is 0. The summed E-state index contributed by atoms with van der Waals surface area (Å²) in [5.74, 6) is -0.871. The molecule has 0 aromatic carbocycles. The van der Waals surface area contributed by atoms with Gasteiger partial charge in [0.1, 0.15) is 19.8 Å². The molecule has 0 saturated heterocycles. The number of esters is 2. The highest BCUT2D eigenvalue weighted by Gasteiger charge is 2.21. The average molecular weight is 882 g/mol. The molecule has 0 N–H and O–H groups in total. The van der Waals surface area contributed by atoms with E-state index in [4.69, 9.17) is 18.5 Å². The molecule has 9 nitrogen and oxygen atoms in total. The molecule has 61 heavy (non-hydrogen) atoms. The van der Waals surface area contributed by atoms with E-state index in [1.54, 1.807) is 0 Å². The Morgan fingerprint density at radius 1 is 0.508 bits per heavy atom. The molecule has 0 aromatic heterocycles. The summed E-state index contributed by atoms with van der Waals surface area (Å²) in [6.45, 7) is 4.18. The molecule has 0 aliphatic heterocycles. The number of nitrogens with zero attached hydrogens (tertiary/aromatic N) is 1. The first-order chi connectivity index (χ1) is 29.5. The van der Waals surface area contributed by atoms with Gasteiger partial charge in [-0.05, 0) is 51.4 Å². The molecule has 0 radical (unpaired) electrons. The van der Waals surface area contributed by atoms with Crippen molar-refractivity contribution < 1.29 is 42.1 Å². The van der Waals surface area contributed by atoms with Gasteiger partial charge in [-0.3, -0.25) is 14.2 Å². The number of phosphoric acid groups is 1. The highest BCUT2D eigenvalue weighted by Crippen LogP contribution is 2.38. The van der Waals surface area contributed by atoms with Crippen LogP contribution in [0.2, 0.25) is 0 Å². The van der Waals surface area contributed by atoms with Crippen LogP contribution in [0.5, 0.6) is 0 Å². The van der Waals surface area contributed by atoms with Gasteiger partial charge < -0.3 is 27.9 Å². The van der Waals surface area contributed by atoms with E-state index in [2.05, 4.69) is 50.3 Å². The van der Waals surface area contributed by atoms with Crippen molar-refractivity contribution in [3.63, 3.8) is 0 Å². The number of likely N-dealkylation sites (N-methyl/N-ethyl adjacent to an activating group) is 1. The van der Waals surface area contributed by atoms with Crippen LogP contribution in [-0.4, -0.2) is 70.0 Å². The van der Waals surface area contributed by atoms with E-state index >= 15 is 0 Å². The Labute approximate surface area is 376 Å². The molecule has 0 bridgehead atoms. The first kappa shape index (κ1) is 59.2. The SMILES string of the molecule is CCCCC/C=C/C/C=C/C/C=C/CCCCC(=O)O[C@H](COC(=O)CCCCCCCCCCCCCCCCCCCCCCCC)COP(=O)([O-])OCC[N+](C)(C)C. The fraction of sp³-hybridized carbons (Fsp3) is 0.843. The predicted octanol–water partition coefficient (Wildman–Crippen LogP) is 14.2. The van der Waals surface area contributed by atoms with E-state index in [1.165, 1.54) is 141 Å². The van der Waals surface area contributed by atoms with Crippen LogP contribution >= 0.6 is 7.82 Å². The third-order valence-corrected chi connectivity index (χ3v) is 11.9. The molecule has 0 fully saturated rings. The summed E-state index contributed by atoms with van der Waals surface area (Å²) in [4.78, 5) is 37.6. The fourth-order valence-corrected chi connectivity index (χ4v) is 7.69. The maximum absolute atomic E-state index is 12.7. The van der Waals surface area contributed by atoms with E-state index in [9.17, 15) is 19.0 Å². The quantitative estimate of drug-likeness (QED) is 0.0195. The molecule has 0 saturated carbocycles. The standard InChI is InChI=1S/C51H96NO8P/c1-6-8-10-12-14-16-18-20-22-23-24-25-26-27-28-30-31-33-35-37-39-41-43-50(53)57-47-49(48-59-61(55,56)58-46-45-52(3,4)5)60-51(54)44-42-40-38-36-34-32-29-21-19-17-15-13-11-9-7-2/h15,17,21,29,34,36,49H,6-14,16,18-20,22-28,30-33,35,37-48H2,1-5H3/b17-15+,29-21+,36-34+/t49-/m1/s1. The maximum atomic E-state index is 12.7. The fourth-order valence-electron chi connectivity index (χ4n) is 6.96. The van der Waals surface area contributed by atoms with Gasteiger partial charge >= 0.3 is 11.9 Å². The molecule has 0 rings (SSSR count). The highest BCUT2D eigenvalue weighted by atomic mass is 31.2. The summed E-state index contributed by atoms with van der Waals surface area (Å²) in [6.07, 6.45) is 50.4. The second-order valence-corrected chi connectivity index (χ2v) is 19.6. The molecule has 0 aliphatic rings. The molecule has 2 atom stereocenters. The zero-order chi connectivity index (χ0) is 45.0. The molecular formula is C51H96NO8P. The average Bonchev–Trinajstić information content (AvgIpc) is 3.21. The van der Waals surface area contributed by atoms with Gasteiger partial charge in [-0.25, -0.2) is 0 Å². The molecule has 0 amide bonds. The third-order valence-electron chi connectivity index (χ3n) is 10.9. The number of carbonyl (C=O) groups excluding carboxylic acids is 2. The highest BCUT2D eigenvalue weighted by molar-refractivity contribution is 7.45. The number of phosphoric ester groups is 1. The Morgan fingerprint density at radius 2 is 0.885 bits per heavy atom. The Hall–Kier alpha value is -1.77. The monoisotopic (exact) mass is 882 g/mol. The summed E-state index contributed by atoms with van der Waals surface area (Å²) >= 11 is 0. The number of allylic oxidation sites excluding steroid dienone is 6. The maximum Gasteiger partial charge on any atom is 0.306 e. The summed E-state index contributed by atoms with van der Waals surface area (Å²) < 4.78 is 34.0. The van der Waals surface area contributed by atoms with Crippen LogP contribution in [-0.2, 0) is 32.7 Å². The molecule has 358 valence electrons. The van der Waals surface area contributed by atoms with Crippen molar-refractivity contribution in [3.8, 4) is 0 Å². The Kier molecular flexibility index (Phi) is 42.2. The van der Waals surface area contributed by atoms with E-state index < -0.39 is 26.5 Å². The second kappa shape index (κ2) is 43.5. The number of hydrogen-bond donors (Lipinski definition) is 0. The molecule has 10 heteroatoms. The van der Waals surface area contributed by atoms with Gasteiger partial charge in [0.2, 0.25) is 0 Å². The summed E-state index contributed by atoms with van der Waals surface area (Å²) in [6, 6.07) is 0. The zero-order valence-electron chi connectivity index (χ0n) is 40.4. The smallest absolute Gasteiger partial charge is 0.306 e. The van der Waals surface area contributed by atoms with Crippen LogP contribution in [0.4, 0.5) is 0 Å². The van der Waals surface area contributed by atoms with Gasteiger partial charge in [-0.2, -0.15) is 0 Å². The van der Waals surface area contributed by atoms with Crippen molar-refractivity contribution in [3.05, 3.63) is 36.5 Å². The Bertz CT molecular complexity index is 1130. The Morgan fingerprint density at radius 3 is 1.34 bits per heavy atom. The van der Waals surface area contributed by atoms with Crippen LogP contribution in [0.1, 0.15) is 226 Å². The van der Waals surface area contributed by atoms with Crippen LogP contribution in [0.15, 0.2) is 36.5 Å². The third kappa shape index (κ3) is 47.5.